The minimum Gasteiger partial charge on any atom is -0.366 e. The Morgan fingerprint density at radius 2 is 1.84 bits per heavy atom. The lowest BCUT2D eigenvalue weighted by Crippen LogP contribution is -2.57. The lowest BCUT2D eigenvalue weighted by molar-refractivity contribution is -0.133. The van der Waals surface area contributed by atoms with Gasteiger partial charge in [0.15, 0.2) is 5.13 Å². The molecule has 1 saturated heterocycles. The Balaban J connectivity index is 2.23. The highest BCUT2D eigenvalue weighted by molar-refractivity contribution is 7.15. The molecule has 0 atom stereocenters. The standard InChI is InChI=1S/C14H25N3OS/c1-10-11(7-15-6)19-12(16-10)17-8-13(2,3)18-14(4,5)9-17/h15H,7-9H2,1-6H3. The van der Waals surface area contributed by atoms with E-state index < -0.39 is 0 Å². The zero-order valence-corrected chi connectivity index (χ0v) is 13.6. The van der Waals surface area contributed by atoms with Gasteiger partial charge in [-0.1, -0.05) is 0 Å². The molecule has 0 aliphatic carbocycles. The van der Waals surface area contributed by atoms with Gasteiger partial charge in [0.05, 0.1) is 16.9 Å². The van der Waals surface area contributed by atoms with Gasteiger partial charge in [-0.15, -0.1) is 11.3 Å². The molecule has 2 heterocycles. The largest absolute Gasteiger partial charge is 0.366 e. The molecule has 1 aliphatic heterocycles. The van der Waals surface area contributed by atoms with E-state index >= 15 is 0 Å². The lowest BCUT2D eigenvalue weighted by Gasteiger charge is -2.47. The van der Waals surface area contributed by atoms with E-state index in [1.165, 1.54) is 4.88 Å². The first-order valence-corrected chi connectivity index (χ1v) is 7.60. The predicted molar refractivity (Wildman–Crippen MR) is 81.1 cm³/mol. The molecule has 5 heteroatoms. The number of anilines is 1. The summed E-state index contributed by atoms with van der Waals surface area (Å²) in [6.07, 6.45) is 0. The minimum atomic E-state index is -0.134. The van der Waals surface area contributed by atoms with Crippen LogP contribution in [0.5, 0.6) is 0 Å². The first-order valence-electron chi connectivity index (χ1n) is 6.78. The molecular weight excluding hydrogens is 258 g/mol. The Morgan fingerprint density at radius 1 is 1.26 bits per heavy atom. The lowest BCUT2D eigenvalue weighted by atomic mass is 9.99. The summed E-state index contributed by atoms with van der Waals surface area (Å²) in [5.74, 6) is 0. The van der Waals surface area contributed by atoms with Gasteiger partial charge >= 0.3 is 0 Å². The number of aryl methyl sites for hydroxylation is 1. The van der Waals surface area contributed by atoms with Crippen LogP contribution in [0.2, 0.25) is 0 Å². The normalized spacial score (nSPS) is 21.7. The number of thiazole rings is 1. The number of hydrogen-bond donors (Lipinski definition) is 1. The van der Waals surface area contributed by atoms with E-state index in [-0.39, 0.29) is 11.2 Å². The second-order valence-corrected chi connectivity index (χ2v) is 7.57. The molecule has 19 heavy (non-hydrogen) atoms. The van der Waals surface area contributed by atoms with Crippen molar-refractivity contribution in [2.45, 2.75) is 52.4 Å². The molecule has 1 aromatic rings. The third-order valence-corrected chi connectivity index (χ3v) is 4.40. The van der Waals surface area contributed by atoms with Gasteiger partial charge in [-0.3, -0.25) is 0 Å². The van der Waals surface area contributed by atoms with Crippen molar-refractivity contribution >= 4 is 16.5 Å². The van der Waals surface area contributed by atoms with E-state index in [1.807, 2.05) is 7.05 Å². The Hall–Kier alpha value is -0.650. The van der Waals surface area contributed by atoms with E-state index in [4.69, 9.17) is 9.72 Å². The van der Waals surface area contributed by atoms with Crippen molar-refractivity contribution in [3.63, 3.8) is 0 Å². The average molecular weight is 283 g/mol. The van der Waals surface area contributed by atoms with E-state index in [0.717, 1.165) is 30.5 Å². The predicted octanol–water partition coefficient (Wildman–Crippen LogP) is 2.56. The van der Waals surface area contributed by atoms with E-state index in [1.54, 1.807) is 11.3 Å². The first-order chi connectivity index (χ1) is 8.72. The zero-order chi connectivity index (χ0) is 14.3. The molecule has 1 aliphatic rings. The Bertz CT molecular complexity index is 438. The molecular formula is C14H25N3OS. The van der Waals surface area contributed by atoms with Crippen molar-refractivity contribution in [2.24, 2.45) is 0 Å². The van der Waals surface area contributed by atoms with Crippen molar-refractivity contribution < 1.29 is 4.74 Å². The van der Waals surface area contributed by atoms with Gasteiger partial charge in [-0.25, -0.2) is 4.98 Å². The molecule has 0 spiro atoms. The summed E-state index contributed by atoms with van der Waals surface area (Å²) in [4.78, 5) is 8.41. The van der Waals surface area contributed by atoms with Crippen LogP contribution >= 0.6 is 11.3 Å². The van der Waals surface area contributed by atoms with Gasteiger partial charge < -0.3 is 15.0 Å². The fourth-order valence-electron chi connectivity index (χ4n) is 2.80. The van der Waals surface area contributed by atoms with Crippen molar-refractivity contribution in [1.29, 1.82) is 0 Å². The van der Waals surface area contributed by atoms with Crippen molar-refractivity contribution in [3.05, 3.63) is 10.6 Å². The molecule has 0 unspecified atom stereocenters. The van der Waals surface area contributed by atoms with E-state index in [9.17, 15) is 0 Å². The topological polar surface area (TPSA) is 37.4 Å². The summed E-state index contributed by atoms with van der Waals surface area (Å²) in [5, 5.41) is 4.32. The summed E-state index contributed by atoms with van der Waals surface area (Å²) in [6.45, 7) is 13.4. The fourth-order valence-corrected chi connectivity index (χ4v) is 3.87. The highest BCUT2D eigenvalue weighted by Gasteiger charge is 2.39. The maximum absolute atomic E-state index is 6.12. The quantitative estimate of drug-likeness (QED) is 0.925. The average Bonchev–Trinajstić information content (AvgIpc) is 2.56. The summed E-state index contributed by atoms with van der Waals surface area (Å²) in [5.41, 5.74) is 0.867. The number of hydrogen-bond acceptors (Lipinski definition) is 5. The Morgan fingerprint density at radius 3 is 2.37 bits per heavy atom. The van der Waals surface area contributed by atoms with Gasteiger partial charge in [-0.05, 0) is 41.7 Å². The van der Waals surface area contributed by atoms with Crippen LogP contribution in [0, 0.1) is 6.92 Å². The first kappa shape index (κ1) is 14.8. The molecule has 4 nitrogen and oxygen atoms in total. The van der Waals surface area contributed by atoms with Gasteiger partial charge in [0.1, 0.15) is 0 Å². The van der Waals surface area contributed by atoms with Gasteiger partial charge in [0.25, 0.3) is 0 Å². The number of aromatic nitrogens is 1. The summed E-state index contributed by atoms with van der Waals surface area (Å²) in [7, 11) is 1.97. The molecule has 0 saturated carbocycles. The van der Waals surface area contributed by atoms with Crippen LogP contribution in [0.1, 0.15) is 38.3 Å². The zero-order valence-electron chi connectivity index (χ0n) is 12.8. The molecule has 0 aromatic carbocycles. The minimum absolute atomic E-state index is 0.134. The molecule has 2 rings (SSSR count). The molecule has 0 bridgehead atoms. The van der Waals surface area contributed by atoms with Crippen molar-refractivity contribution in [3.8, 4) is 0 Å². The number of morpholine rings is 1. The van der Waals surface area contributed by atoms with Crippen LogP contribution in [0.3, 0.4) is 0 Å². The third kappa shape index (κ3) is 3.46. The molecule has 0 radical (unpaired) electrons. The molecule has 1 aromatic heterocycles. The Labute approximate surface area is 120 Å². The SMILES string of the molecule is CNCc1sc(N2CC(C)(C)OC(C)(C)C2)nc1C. The summed E-state index contributed by atoms with van der Waals surface area (Å²) < 4.78 is 6.12. The van der Waals surface area contributed by atoms with Gasteiger partial charge in [0, 0.05) is 24.5 Å². The summed E-state index contributed by atoms with van der Waals surface area (Å²) >= 11 is 1.79. The fraction of sp³-hybridized carbons (Fsp3) is 0.786. The van der Waals surface area contributed by atoms with E-state index in [2.05, 4.69) is 44.8 Å². The third-order valence-electron chi connectivity index (χ3n) is 3.19. The maximum atomic E-state index is 6.12. The van der Waals surface area contributed by atoms with Crippen LogP contribution in [-0.2, 0) is 11.3 Å². The maximum Gasteiger partial charge on any atom is 0.186 e. The van der Waals surface area contributed by atoms with Crippen molar-refractivity contribution in [2.75, 3.05) is 25.0 Å². The molecule has 1 fully saturated rings. The molecule has 1 N–H and O–H groups in total. The molecule has 108 valence electrons. The summed E-state index contributed by atoms with van der Waals surface area (Å²) in [6, 6.07) is 0. The number of rotatable bonds is 3. The smallest absolute Gasteiger partial charge is 0.186 e. The second kappa shape index (κ2) is 5.04. The van der Waals surface area contributed by atoms with Crippen LogP contribution in [0.15, 0.2) is 0 Å². The molecule has 0 amide bonds. The van der Waals surface area contributed by atoms with Gasteiger partial charge in [0.2, 0.25) is 0 Å². The van der Waals surface area contributed by atoms with Crippen LogP contribution in [-0.4, -0.2) is 36.3 Å². The van der Waals surface area contributed by atoms with Gasteiger partial charge in [-0.2, -0.15) is 0 Å². The number of ether oxygens (including phenoxy) is 1. The number of nitrogens with zero attached hydrogens (tertiary/aromatic N) is 2. The van der Waals surface area contributed by atoms with E-state index in [0.29, 0.717) is 0 Å². The number of nitrogens with one attached hydrogen (secondary N) is 1. The van der Waals surface area contributed by atoms with Crippen LogP contribution in [0.4, 0.5) is 5.13 Å². The van der Waals surface area contributed by atoms with Crippen LogP contribution < -0.4 is 10.2 Å². The highest BCUT2D eigenvalue weighted by Crippen LogP contribution is 2.34. The van der Waals surface area contributed by atoms with Crippen LogP contribution in [0.25, 0.3) is 0 Å². The monoisotopic (exact) mass is 283 g/mol. The van der Waals surface area contributed by atoms with Crippen molar-refractivity contribution in [1.82, 2.24) is 10.3 Å². The Kier molecular flexibility index (Phi) is 3.91. The highest BCUT2D eigenvalue weighted by atomic mass is 32.1. The second-order valence-electron chi connectivity index (χ2n) is 6.51.